The average molecular weight is 658 g/mol. The summed E-state index contributed by atoms with van der Waals surface area (Å²) in [4.78, 5) is 5.31. The fourth-order valence-electron chi connectivity index (χ4n) is 8.66. The van der Waals surface area contributed by atoms with Gasteiger partial charge in [0.15, 0.2) is 0 Å². The third kappa shape index (κ3) is 4.33. The van der Waals surface area contributed by atoms with E-state index in [-0.39, 0.29) is 0 Å². The van der Waals surface area contributed by atoms with Crippen LogP contribution in [-0.4, -0.2) is 4.98 Å². The zero-order valence-electron chi connectivity index (χ0n) is 28.3. The van der Waals surface area contributed by atoms with Crippen molar-refractivity contribution in [3.05, 3.63) is 188 Å². The number of hydrogen-bond donors (Lipinski definition) is 0. The second-order valence-electron chi connectivity index (χ2n) is 13.8. The van der Waals surface area contributed by atoms with Gasteiger partial charge in [-0.3, -0.25) is 0 Å². The zero-order chi connectivity index (χ0) is 34.2. The van der Waals surface area contributed by atoms with Crippen molar-refractivity contribution in [3.63, 3.8) is 0 Å². The Bertz CT molecular complexity index is 3190. The molecule has 52 heavy (non-hydrogen) atoms. The van der Waals surface area contributed by atoms with E-state index in [0.29, 0.717) is 0 Å². The number of para-hydroxylation sites is 1. The van der Waals surface area contributed by atoms with Crippen LogP contribution in [0.25, 0.3) is 109 Å². The molecule has 1 nitrogen and oxygen atoms in total. The standard InChI is InChI=1S/C51H31N/c1-3-14-34-30-36(26-24-32(34)12-1)48-41-16-5-7-18-43(41)49(44-19-8-6-17-42(44)48)39-21-11-22-40-38(39)28-29-46-50(40)45-20-9-10-23-47(45)52-51(46)37-27-25-33-13-2-4-15-35(33)31-37/h1-31H. The van der Waals surface area contributed by atoms with E-state index in [1.165, 1.54) is 92.3 Å². The van der Waals surface area contributed by atoms with E-state index in [0.717, 1.165) is 16.8 Å². The van der Waals surface area contributed by atoms with Crippen LogP contribution in [0.2, 0.25) is 0 Å². The maximum atomic E-state index is 5.31. The highest BCUT2D eigenvalue weighted by Crippen LogP contribution is 2.47. The van der Waals surface area contributed by atoms with Crippen molar-refractivity contribution >= 4 is 75.5 Å². The highest BCUT2D eigenvalue weighted by Gasteiger charge is 2.20. The van der Waals surface area contributed by atoms with Crippen LogP contribution in [0.5, 0.6) is 0 Å². The lowest BCUT2D eigenvalue weighted by Gasteiger charge is -2.20. The van der Waals surface area contributed by atoms with Crippen LogP contribution in [0, 0.1) is 0 Å². The maximum absolute atomic E-state index is 5.31. The molecular weight excluding hydrogens is 627 g/mol. The van der Waals surface area contributed by atoms with Crippen LogP contribution in [0.3, 0.4) is 0 Å². The number of benzene rings is 10. The van der Waals surface area contributed by atoms with Gasteiger partial charge in [-0.15, -0.1) is 0 Å². The maximum Gasteiger partial charge on any atom is 0.0788 e. The van der Waals surface area contributed by atoms with Crippen LogP contribution >= 0.6 is 0 Å². The second-order valence-corrected chi connectivity index (χ2v) is 13.8. The van der Waals surface area contributed by atoms with Gasteiger partial charge in [0.1, 0.15) is 0 Å². The Morgan fingerprint density at radius 1 is 0.288 bits per heavy atom. The SMILES string of the molecule is c1ccc2cc(-c3c4ccccc4c(-c4cccc5c4ccc4c(-c6ccc7ccccc7c6)nc6ccccc6c45)c4ccccc34)ccc2c1. The first kappa shape index (κ1) is 29.0. The van der Waals surface area contributed by atoms with E-state index in [1.54, 1.807) is 0 Å². The third-order valence-electron chi connectivity index (χ3n) is 11.0. The lowest BCUT2D eigenvalue weighted by atomic mass is 9.84. The van der Waals surface area contributed by atoms with E-state index in [4.69, 9.17) is 4.98 Å². The molecule has 0 bridgehead atoms. The van der Waals surface area contributed by atoms with Crippen LogP contribution in [0.4, 0.5) is 0 Å². The summed E-state index contributed by atoms with van der Waals surface area (Å²) in [6, 6.07) is 68.8. The van der Waals surface area contributed by atoms with Crippen LogP contribution < -0.4 is 0 Å². The van der Waals surface area contributed by atoms with Crippen molar-refractivity contribution in [1.29, 1.82) is 0 Å². The second kappa shape index (κ2) is 11.3. The molecule has 0 aliphatic rings. The molecular formula is C51H31N. The monoisotopic (exact) mass is 657 g/mol. The molecule has 0 amide bonds. The summed E-state index contributed by atoms with van der Waals surface area (Å²) in [6.45, 7) is 0. The minimum Gasteiger partial charge on any atom is -0.247 e. The summed E-state index contributed by atoms with van der Waals surface area (Å²) in [5.74, 6) is 0. The summed E-state index contributed by atoms with van der Waals surface area (Å²) in [6.07, 6.45) is 0. The summed E-state index contributed by atoms with van der Waals surface area (Å²) < 4.78 is 0. The van der Waals surface area contributed by atoms with E-state index < -0.39 is 0 Å². The average Bonchev–Trinajstić information content (AvgIpc) is 3.21. The molecule has 0 unspecified atom stereocenters. The normalized spacial score (nSPS) is 11.8. The van der Waals surface area contributed by atoms with Crippen molar-refractivity contribution in [3.8, 4) is 33.5 Å². The summed E-state index contributed by atoms with van der Waals surface area (Å²) in [7, 11) is 0. The fourth-order valence-corrected chi connectivity index (χ4v) is 8.66. The molecule has 0 atom stereocenters. The molecule has 0 saturated heterocycles. The minimum atomic E-state index is 1.01. The molecule has 240 valence electrons. The lowest BCUT2D eigenvalue weighted by Crippen LogP contribution is -1.93. The summed E-state index contributed by atoms with van der Waals surface area (Å²) >= 11 is 0. The zero-order valence-corrected chi connectivity index (χ0v) is 28.3. The number of pyridine rings is 1. The van der Waals surface area contributed by atoms with Crippen molar-refractivity contribution in [2.45, 2.75) is 0 Å². The highest BCUT2D eigenvalue weighted by molar-refractivity contribution is 6.28. The van der Waals surface area contributed by atoms with Crippen LogP contribution in [0.15, 0.2) is 188 Å². The van der Waals surface area contributed by atoms with Gasteiger partial charge in [0.05, 0.1) is 11.2 Å². The highest BCUT2D eigenvalue weighted by atomic mass is 14.7. The van der Waals surface area contributed by atoms with E-state index in [1.807, 2.05) is 0 Å². The van der Waals surface area contributed by atoms with Gasteiger partial charge in [0, 0.05) is 21.7 Å². The van der Waals surface area contributed by atoms with Crippen molar-refractivity contribution in [2.24, 2.45) is 0 Å². The van der Waals surface area contributed by atoms with Gasteiger partial charge < -0.3 is 0 Å². The first-order chi connectivity index (χ1) is 25.8. The number of nitrogens with zero attached hydrogens (tertiary/aromatic N) is 1. The summed E-state index contributed by atoms with van der Waals surface area (Å²) in [5.41, 5.74) is 8.18. The number of hydrogen-bond acceptors (Lipinski definition) is 1. The Balaban J connectivity index is 1.23. The van der Waals surface area contributed by atoms with Crippen molar-refractivity contribution in [2.75, 3.05) is 0 Å². The third-order valence-corrected chi connectivity index (χ3v) is 11.0. The van der Waals surface area contributed by atoms with Crippen LogP contribution in [-0.2, 0) is 0 Å². The molecule has 0 radical (unpaired) electrons. The van der Waals surface area contributed by atoms with Gasteiger partial charge in [-0.2, -0.15) is 0 Å². The largest absolute Gasteiger partial charge is 0.247 e. The first-order valence-corrected chi connectivity index (χ1v) is 18.0. The van der Waals surface area contributed by atoms with Gasteiger partial charge in [-0.25, -0.2) is 4.98 Å². The van der Waals surface area contributed by atoms with E-state index in [9.17, 15) is 0 Å². The van der Waals surface area contributed by atoms with Gasteiger partial charge >= 0.3 is 0 Å². The lowest BCUT2D eigenvalue weighted by molar-refractivity contribution is 1.43. The van der Waals surface area contributed by atoms with Gasteiger partial charge in [-0.1, -0.05) is 170 Å². The number of fused-ring (bicyclic) bond motifs is 9. The summed E-state index contributed by atoms with van der Waals surface area (Å²) in [5, 5.41) is 16.1. The topological polar surface area (TPSA) is 12.9 Å². The Hall–Kier alpha value is -6.83. The van der Waals surface area contributed by atoms with Gasteiger partial charge in [-0.05, 0) is 94.3 Å². The Kier molecular flexibility index (Phi) is 6.32. The fraction of sp³-hybridized carbons (Fsp3) is 0. The Morgan fingerprint density at radius 3 is 1.46 bits per heavy atom. The Labute approximate surface area is 301 Å². The molecule has 11 rings (SSSR count). The van der Waals surface area contributed by atoms with Gasteiger partial charge in [0.25, 0.3) is 0 Å². The Morgan fingerprint density at radius 2 is 0.788 bits per heavy atom. The van der Waals surface area contributed by atoms with Gasteiger partial charge in [0.2, 0.25) is 0 Å². The molecule has 0 aliphatic heterocycles. The molecule has 0 N–H and O–H groups in total. The molecule has 0 spiro atoms. The smallest absolute Gasteiger partial charge is 0.0788 e. The van der Waals surface area contributed by atoms with E-state index >= 15 is 0 Å². The molecule has 1 aromatic heterocycles. The molecule has 10 aromatic carbocycles. The quantitative estimate of drug-likeness (QED) is 0.136. The molecule has 1 heteroatoms. The predicted molar refractivity (Wildman–Crippen MR) is 223 cm³/mol. The molecule has 0 saturated carbocycles. The van der Waals surface area contributed by atoms with E-state index in [2.05, 4.69) is 188 Å². The van der Waals surface area contributed by atoms with Crippen molar-refractivity contribution in [1.82, 2.24) is 4.98 Å². The number of rotatable bonds is 3. The number of aromatic nitrogens is 1. The first-order valence-electron chi connectivity index (χ1n) is 18.0. The molecule has 1 heterocycles. The molecule has 0 aliphatic carbocycles. The van der Waals surface area contributed by atoms with Crippen LogP contribution in [0.1, 0.15) is 0 Å². The van der Waals surface area contributed by atoms with Crippen molar-refractivity contribution < 1.29 is 0 Å². The predicted octanol–water partition coefficient (Wildman–Crippen LogP) is 14.2. The molecule has 0 fully saturated rings. The minimum absolute atomic E-state index is 1.01. The molecule has 11 aromatic rings.